The molecule has 1 aliphatic rings. The molecule has 0 bridgehead atoms. The smallest absolute Gasteiger partial charge is 0.410 e. The highest BCUT2D eigenvalue weighted by Crippen LogP contribution is 2.20. The van der Waals surface area contributed by atoms with Crippen molar-refractivity contribution in [3.63, 3.8) is 0 Å². The Morgan fingerprint density at radius 2 is 1.84 bits per heavy atom. The predicted octanol–water partition coefficient (Wildman–Crippen LogP) is 3.59. The van der Waals surface area contributed by atoms with E-state index in [4.69, 9.17) is 19.2 Å². The molecule has 0 spiro atoms. The van der Waals surface area contributed by atoms with E-state index in [1.165, 1.54) is 0 Å². The van der Waals surface area contributed by atoms with Crippen LogP contribution in [0.1, 0.15) is 53.9 Å². The minimum Gasteiger partial charge on any atom is -0.444 e. The van der Waals surface area contributed by atoms with Crippen LogP contribution in [-0.2, 0) is 14.2 Å². The van der Waals surface area contributed by atoms with E-state index >= 15 is 0 Å². The highest BCUT2D eigenvalue weighted by molar-refractivity contribution is 14.0. The number of aliphatic imine (C=N–C) groups is 1. The van der Waals surface area contributed by atoms with Gasteiger partial charge in [0.05, 0.1) is 13.2 Å². The van der Waals surface area contributed by atoms with Crippen molar-refractivity contribution >= 4 is 36.0 Å². The van der Waals surface area contributed by atoms with Crippen LogP contribution in [0.4, 0.5) is 4.79 Å². The fourth-order valence-corrected chi connectivity index (χ4v) is 3.32. The Hall–Kier alpha value is -0.810. The molecule has 1 heterocycles. The Bertz CT molecular complexity index is 506. The number of hydrogen-bond acceptors (Lipinski definition) is 5. The van der Waals surface area contributed by atoms with Gasteiger partial charge < -0.3 is 29.3 Å². The Morgan fingerprint density at radius 3 is 2.39 bits per heavy atom. The largest absolute Gasteiger partial charge is 0.444 e. The Morgan fingerprint density at radius 1 is 1.16 bits per heavy atom. The highest BCUT2D eigenvalue weighted by atomic mass is 127. The van der Waals surface area contributed by atoms with Gasteiger partial charge >= 0.3 is 6.09 Å². The normalized spacial score (nSPS) is 15.4. The molecule has 0 aromatic rings. The van der Waals surface area contributed by atoms with Gasteiger partial charge in [-0.1, -0.05) is 0 Å². The lowest BCUT2D eigenvalue weighted by Gasteiger charge is -2.36. The molecule has 0 aromatic heterocycles. The van der Waals surface area contributed by atoms with Gasteiger partial charge in [-0.25, -0.2) is 4.79 Å². The van der Waals surface area contributed by atoms with Gasteiger partial charge in [-0.3, -0.25) is 4.99 Å². The van der Waals surface area contributed by atoms with Crippen LogP contribution in [0, 0.1) is 5.92 Å². The summed E-state index contributed by atoms with van der Waals surface area (Å²) >= 11 is 0. The van der Waals surface area contributed by atoms with Crippen LogP contribution in [0.15, 0.2) is 4.99 Å². The summed E-state index contributed by atoms with van der Waals surface area (Å²) in [6.07, 6.45) is 2.78. The number of halogens is 1. The van der Waals surface area contributed by atoms with E-state index in [1.54, 1.807) is 7.11 Å². The van der Waals surface area contributed by atoms with Crippen molar-refractivity contribution in [3.05, 3.63) is 0 Å². The molecule has 0 saturated carbocycles. The third-order valence-electron chi connectivity index (χ3n) is 4.90. The van der Waals surface area contributed by atoms with E-state index in [9.17, 15) is 4.79 Å². The topological polar surface area (TPSA) is 75.6 Å². The first-order valence-corrected chi connectivity index (χ1v) is 11.4. The molecule has 0 aromatic carbocycles. The van der Waals surface area contributed by atoms with Crippen LogP contribution in [0.2, 0.25) is 0 Å². The summed E-state index contributed by atoms with van der Waals surface area (Å²) in [6, 6.07) is 0. The summed E-state index contributed by atoms with van der Waals surface area (Å²) < 4.78 is 16.0. The van der Waals surface area contributed by atoms with E-state index < -0.39 is 5.60 Å². The third kappa shape index (κ3) is 13.4. The quantitative estimate of drug-likeness (QED) is 0.182. The predicted molar refractivity (Wildman–Crippen MR) is 136 cm³/mol. The van der Waals surface area contributed by atoms with Crippen molar-refractivity contribution in [1.29, 1.82) is 0 Å². The molecule has 1 N–H and O–H groups in total. The van der Waals surface area contributed by atoms with Gasteiger partial charge in [0.25, 0.3) is 0 Å². The summed E-state index contributed by atoms with van der Waals surface area (Å²) in [4.78, 5) is 21.3. The first-order chi connectivity index (χ1) is 14.3. The third-order valence-corrected chi connectivity index (χ3v) is 4.90. The number of nitrogens with one attached hydrogen (secondary N) is 1. The molecule has 0 unspecified atom stereocenters. The minimum absolute atomic E-state index is 0. The van der Waals surface area contributed by atoms with Gasteiger partial charge in [0.1, 0.15) is 5.60 Å². The number of likely N-dealkylation sites (tertiary alicyclic amines) is 1. The Labute approximate surface area is 206 Å². The second kappa shape index (κ2) is 16.8. The van der Waals surface area contributed by atoms with E-state index in [1.807, 2.05) is 32.6 Å². The van der Waals surface area contributed by atoms with Crippen LogP contribution < -0.4 is 5.32 Å². The maximum absolute atomic E-state index is 12.4. The number of methoxy groups -OCH3 is 1. The van der Waals surface area contributed by atoms with E-state index in [2.05, 4.69) is 17.1 Å². The SMILES string of the molecule is CCNC(=NCCCOCCOC)N1CCC(CN(CC)C(=O)OC(C)(C)C)CC1.I. The zero-order chi connectivity index (χ0) is 22.4. The summed E-state index contributed by atoms with van der Waals surface area (Å²) in [5, 5.41) is 3.40. The van der Waals surface area contributed by atoms with Crippen LogP contribution in [0.5, 0.6) is 0 Å². The molecular weight excluding hydrogens is 511 g/mol. The van der Waals surface area contributed by atoms with Crippen molar-refractivity contribution < 1.29 is 19.0 Å². The van der Waals surface area contributed by atoms with Crippen LogP contribution >= 0.6 is 24.0 Å². The Balaban J connectivity index is 0.00000900. The molecule has 1 aliphatic heterocycles. The molecule has 1 fully saturated rings. The number of carbonyl (C=O) groups excluding carboxylic acids is 1. The first-order valence-electron chi connectivity index (χ1n) is 11.4. The van der Waals surface area contributed by atoms with Gasteiger partial charge in [0, 0.05) is 53.0 Å². The minimum atomic E-state index is -0.458. The lowest BCUT2D eigenvalue weighted by molar-refractivity contribution is 0.0214. The molecule has 0 aliphatic carbocycles. The average Bonchev–Trinajstić information content (AvgIpc) is 2.69. The number of nitrogens with zero attached hydrogens (tertiary/aromatic N) is 3. The number of rotatable bonds is 11. The van der Waals surface area contributed by atoms with Gasteiger partial charge in [0.2, 0.25) is 0 Å². The molecule has 0 radical (unpaired) electrons. The molecule has 1 rings (SSSR count). The molecule has 9 heteroatoms. The standard InChI is InChI=1S/C22H44N4O4.HI/c1-7-23-20(24-12-9-15-29-17-16-28-6)26-13-10-19(11-14-26)18-25(8-2)21(27)30-22(3,4)5;/h19H,7-18H2,1-6H3,(H,23,24);1H. The second-order valence-electron chi connectivity index (χ2n) is 8.64. The fourth-order valence-electron chi connectivity index (χ4n) is 3.32. The van der Waals surface area contributed by atoms with E-state index in [0.29, 0.717) is 32.3 Å². The lowest BCUT2D eigenvalue weighted by atomic mass is 9.96. The molecule has 31 heavy (non-hydrogen) atoms. The van der Waals surface area contributed by atoms with Crippen LogP contribution in [0.3, 0.4) is 0 Å². The molecule has 0 atom stereocenters. The van der Waals surface area contributed by atoms with E-state index in [0.717, 1.165) is 57.9 Å². The average molecular weight is 557 g/mol. The van der Waals surface area contributed by atoms with Crippen molar-refractivity contribution in [2.45, 2.75) is 59.5 Å². The number of carbonyl (C=O) groups is 1. The van der Waals surface area contributed by atoms with Crippen molar-refractivity contribution in [2.24, 2.45) is 10.9 Å². The van der Waals surface area contributed by atoms with E-state index in [-0.39, 0.29) is 30.1 Å². The molecular formula is C22H45IN4O4. The fraction of sp³-hybridized carbons (Fsp3) is 0.909. The van der Waals surface area contributed by atoms with Crippen LogP contribution in [-0.4, -0.2) is 93.7 Å². The summed E-state index contributed by atoms with van der Waals surface area (Å²) in [6.45, 7) is 16.7. The summed E-state index contributed by atoms with van der Waals surface area (Å²) in [5.41, 5.74) is -0.458. The maximum Gasteiger partial charge on any atom is 0.410 e. The molecule has 1 amide bonds. The Kier molecular flexibility index (Phi) is 16.3. The van der Waals surface area contributed by atoms with Gasteiger partial charge in [0.15, 0.2) is 5.96 Å². The van der Waals surface area contributed by atoms with Crippen LogP contribution in [0.25, 0.3) is 0 Å². The monoisotopic (exact) mass is 556 g/mol. The summed E-state index contributed by atoms with van der Waals surface area (Å²) in [5.74, 6) is 1.47. The zero-order valence-electron chi connectivity index (χ0n) is 20.4. The molecule has 1 saturated heterocycles. The molecule has 184 valence electrons. The van der Waals surface area contributed by atoms with Crippen molar-refractivity contribution in [2.75, 3.05) is 66.2 Å². The van der Waals surface area contributed by atoms with Crippen molar-refractivity contribution in [1.82, 2.24) is 15.1 Å². The lowest BCUT2D eigenvalue weighted by Crippen LogP contribution is -2.48. The van der Waals surface area contributed by atoms with Gasteiger partial charge in [-0.15, -0.1) is 24.0 Å². The zero-order valence-corrected chi connectivity index (χ0v) is 22.8. The summed E-state index contributed by atoms with van der Waals surface area (Å²) in [7, 11) is 1.68. The maximum atomic E-state index is 12.4. The highest BCUT2D eigenvalue weighted by Gasteiger charge is 2.27. The van der Waals surface area contributed by atoms with Crippen molar-refractivity contribution in [3.8, 4) is 0 Å². The second-order valence-corrected chi connectivity index (χ2v) is 8.64. The number of amides is 1. The molecule has 8 nitrogen and oxygen atoms in total. The number of piperidine rings is 1. The first kappa shape index (κ1) is 30.2. The van der Waals surface area contributed by atoms with Gasteiger partial charge in [-0.2, -0.15) is 0 Å². The van der Waals surface area contributed by atoms with Gasteiger partial charge in [-0.05, 0) is 59.8 Å². The number of ether oxygens (including phenoxy) is 3. The number of guanidine groups is 1. The number of hydrogen-bond donors (Lipinski definition) is 1.